The maximum atomic E-state index is 11.2. The molecule has 3 heteroatoms. The maximum absolute atomic E-state index is 11.2. The lowest BCUT2D eigenvalue weighted by molar-refractivity contribution is -0.151. The highest BCUT2D eigenvalue weighted by atomic mass is 35.5. The molecule has 1 aliphatic rings. The Hall–Kier alpha value is -0.240. The predicted molar refractivity (Wildman–Crippen MR) is 43.6 cm³/mol. The highest BCUT2D eigenvalue weighted by Crippen LogP contribution is 2.40. The molecule has 2 atom stereocenters. The number of alkyl halides is 1. The number of rotatable bonds is 1. The van der Waals surface area contributed by atoms with Gasteiger partial charge in [0.1, 0.15) is 0 Å². The van der Waals surface area contributed by atoms with Crippen LogP contribution in [0.1, 0.15) is 26.2 Å². The van der Waals surface area contributed by atoms with Crippen LogP contribution >= 0.6 is 11.6 Å². The summed E-state index contributed by atoms with van der Waals surface area (Å²) in [6.07, 6.45) is 2.53. The van der Waals surface area contributed by atoms with Gasteiger partial charge in [0, 0.05) is 5.38 Å². The molecular weight excluding hydrogens is 164 g/mol. The Labute approximate surface area is 71.9 Å². The van der Waals surface area contributed by atoms with Crippen LogP contribution in [0.3, 0.4) is 0 Å². The lowest BCUT2D eigenvalue weighted by Crippen LogP contribution is -2.26. The van der Waals surface area contributed by atoms with Crippen LogP contribution in [0.4, 0.5) is 0 Å². The van der Waals surface area contributed by atoms with Crippen molar-refractivity contribution in [2.45, 2.75) is 31.6 Å². The zero-order valence-corrected chi connectivity index (χ0v) is 7.65. The van der Waals surface area contributed by atoms with E-state index in [1.807, 2.05) is 6.92 Å². The average molecular weight is 177 g/mol. The molecule has 0 radical (unpaired) electrons. The summed E-state index contributed by atoms with van der Waals surface area (Å²) in [7, 11) is 1.43. The number of methoxy groups -OCH3 is 1. The first-order valence-electron chi connectivity index (χ1n) is 3.81. The number of carbonyl (C=O) groups excluding carboxylic acids is 1. The van der Waals surface area contributed by atoms with Crippen molar-refractivity contribution in [2.24, 2.45) is 5.41 Å². The van der Waals surface area contributed by atoms with Crippen LogP contribution in [0, 0.1) is 5.41 Å². The number of halogens is 1. The predicted octanol–water partition coefficient (Wildman–Crippen LogP) is 1.96. The quantitative estimate of drug-likeness (QED) is 0.451. The second-order valence-corrected chi connectivity index (χ2v) is 4.01. The van der Waals surface area contributed by atoms with Gasteiger partial charge in [-0.3, -0.25) is 4.79 Å². The van der Waals surface area contributed by atoms with Crippen LogP contribution in [0.25, 0.3) is 0 Å². The van der Waals surface area contributed by atoms with E-state index in [1.54, 1.807) is 0 Å². The third-order valence-electron chi connectivity index (χ3n) is 2.36. The van der Waals surface area contributed by atoms with E-state index in [4.69, 9.17) is 11.6 Å². The van der Waals surface area contributed by atoms with Gasteiger partial charge in [-0.2, -0.15) is 0 Å². The van der Waals surface area contributed by atoms with Gasteiger partial charge in [0.15, 0.2) is 0 Å². The molecule has 0 bridgehead atoms. The molecule has 0 aromatic heterocycles. The summed E-state index contributed by atoms with van der Waals surface area (Å²) in [6.45, 7) is 1.92. The molecule has 1 fully saturated rings. The zero-order chi connectivity index (χ0) is 8.48. The SMILES string of the molecule is COC(=O)C1(C)CCC(Cl)C1. The summed E-state index contributed by atoms with van der Waals surface area (Å²) in [5.41, 5.74) is -0.318. The Morgan fingerprint density at radius 1 is 1.73 bits per heavy atom. The molecule has 0 heterocycles. The summed E-state index contributed by atoms with van der Waals surface area (Å²) < 4.78 is 4.69. The largest absolute Gasteiger partial charge is 0.469 e. The minimum atomic E-state index is -0.318. The molecule has 64 valence electrons. The number of esters is 1. The fraction of sp³-hybridized carbons (Fsp3) is 0.875. The Morgan fingerprint density at radius 2 is 2.36 bits per heavy atom. The van der Waals surface area contributed by atoms with E-state index in [2.05, 4.69) is 4.74 Å². The first-order chi connectivity index (χ1) is 5.08. The number of ether oxygens (including phenoxy) is 1. The third kappa shape index (κ3) is 1.67. The van der Waals surface area contributed by atoms with Crippen molar-refractivity contribution in [1.82, 2.24) is 0 Å². The molecule has 2 nitrogen and oxygen atoms in total. The first-order valence-corrected chi connectivity index (χ1v) is 4.24. The topological polar surface area (TPSA) is 26.3 Å². The summed E-state index contributed by atoms with van der Waals surface area (Å²) in [4.78, 5) is 11.2. The standard InChI is InChI=1S/C8H13ClO2/c1-8(7(10)11-2)4-3-6(9)5-8/h6H,3-5H2,1-2H3. The van der Waals surface area contributed by atoms with Crippen LogP contribution in [0.5, 0.6) is 0 Å². The van der Waals surface area contributed by atoms with Crippen molar-refractivity contribution in [1.29, 1.82) is 0 Å². The smallest absolute Gasteiger partial charge is 0.311 e. The molecule has 1 saturated carbocycles. The molecular formula is C8H13ClO2. The van der Waals surface area contributed by atoms with E-state index in [-0.39, 0.29) is 16.8 Å². The molecule has 0 aromatic carbocycles. The van der Waals surface area contributed by atoms with E-state index in [9.17, 15) is 4.79 Å². The van der Waals surface area contributed by atoms with Crippen molar-refractivity contribution < 1.29 is 9.53 Å². The summed E-state index contributed by atoms with van der Waals surface area (Å²) >= 11 is 5.89. The van der Waals surface area contributed by atoms with Crippen LogP contribution in [-0.2, 0) is 9.53 Å². The molecule has 11 heavy (non-hydrogen) atoms. The van der Waals surface area contributed by atoms with Gasteiger partial charge >= 0.3 is 5.97 Å². The Kier molecular flexibility index (Phi) is 2.43. The van der Waals surface area contributed by atoms with E-state index >= 15 is 0 Å². The van der Waals surface area contributed by atoms with Crippen molar-refractivity contribution >= 4 is 17.6 Å². The molecule has 0 spiro atoms. The van der Waals surface area contributed by atoms with E-state index in [0.29, 0.717) is 0 Å². The van der Waals surface area contributed by atoms with E-state index in [1.165, 1.54) is 7.11 Å². The van der Waals surface area contributed by atoms with Gasteiger partial charge in [0.25, 0.3) is 0 Å². The van der Waals surface area contributed by atoms with Gasteiger partial charge < -0.3 is 4.74 Å². The molecule has 2 unspecified atom stereocenters. The summed E-state index contributed by atoms with van der Waals surface area (Å²) in [6, 6.07) is 0. The molecule has 0 aliphatic heterocycles. The van der Waals surface area contributed by atoms with Gasteiger partial charge in [-0.05, 0) is 26.2 Å². The van der Waals surface area contributed by atoms with Crippen molar-refractivity contribution in [3.8, 4) is 0 Å². The van der Waals surface area contributed by atoms with E-state index in [0.717, 1.165) is 19.3 Å². The lowest BCUT2D eigenvalue weighted by Gasteiger charge is -2.19. The molecule has 0 aromatic rings. The Morgan fingerprint density at radius 3 is 2.73 bits per heavy atom. The van der Waals surface area contributed by atoms with Crippen LogP contribution in [0.2, 0.25) is 0 Å². The average Bonchev–Trinajstić information content (AvgIpc) is 2.31. The molecule has 0 N–H and O–H groups in total. The van der Waals surface area contributed by atoms with Crippen molar-refractivity contribution in [2.75, 3.05) is 7.11 Å². The normalized spacial score (nSPS) is 37.2. The monoisotopic (exact) mass is 176 g/mol. The summed E-state index contributed by atoms with van der Waals surface area (Å²) in [5.74, 6) is -0.124. The molecule has 1 aliphatic carbocycles. The lowest BCUT2D eigenvalue weighted by atomic mass is 9.89. The zero-order valence-electron chi connectivity index (χ0n) is 6.89. The first kappa shape index (κ1) is 8.85. The van der Waals surface area contributed by atoms with Crippen LogP contribution in [0.15, 0.2) is 0 Å². The highest BCUT2D eigenvalue weighted by molar-refractivity contribution is 6.21. The fourth-order valence-electron chi connectivity index (χ4n) is 1.60. The van der Waals surface area contributed by atoms with E-state index < -0.39 is 0 Å². The van der Waals surface area contributed by atoms with Gasteiger partial charge in [-0.1, -0.05) is 0 Å². The van der Waals surface area contributed by atoms with Crippen molar-refractivity contribution in [3.05, 3.63) is 0 Å². The van der Waals surface area contributed by atoms with Crippen molar-refractivity contribution in [3.63, 3.8) is 0 Å². The Bertz CT molecular complexity index is 169. The van der Waals surface area contributed by atoms with Gasteiger partial charge in [-0.25, -0.2) is 0 Å². The van der Waals surface area contributed by atoms with Gasteiger partial charge in [0.2, 0.25) is 0 Å². The fourth-order valence-corrected chi connectivity index (χ4v) is 2.05. The number of hydrogen-bond acceptors (Lipinski definition) is 2. The molecule has 1 rings (SSSR count). The third-order valence-corrected chi connectivity index (χ3v) is 2.73. The molecule has 0 amide bonds. The molecule has 0 saturated heterocycles. The number of hydrogen-bond donors (Lipinski definition) is 0. The Balaban J connectivity index is 2.61. The minimum absolute atomic E-state index is 0.124. The van der Waals surface area contributed by atoms with Crippen LogP contribution in [-0.4, -0.2) is 18.5 Å². The summed E-state index contributed by atoms with van der Waals surface area (Å²) in [5, 5.41) is 0.152. The highest BCUT2D eigenvalue weighted by Gasteiger charge is 2.41. The van der Waals surface area contributed by atoms with Crippen LogP contribution < -0.4 is 0 Å². The number of carbonyl (C=O) groups is 1. The minimum Gasteiger partial charge on any atom is -0.469 e. The second kappa shape index (κ2) is 3.02. The van der Waals surface area contributed by atoms with Gasteiger partial charge in [-0.15, -0.1) is 11.6 Å². The maximum Gasteiger partial charge on any atom is 0.311 e. The van der Waals surface area contributed by atoms with Gasteiger partial charge in [0.05, 0.1) is 12.5 Å². The second-order valence-electron chi connectivity index (χ2n) is 3.39.